The average Bonchev–Trinajstić information content (AvgIpc) is 3.61. The Morgan fingerprint density at radius 1 is 1.25 bits per heavy atom. The van der Waals surface area contributed by atoms with E-state index in [0.717, 1.165) is 25.7 Å². The molecule has 0 spiro atoms. The van der Waals surface area contributed by atoms with E-state index < -0.39 is 6.55 Å². The minimum Gasteiger partial charge on any atom is -0.378 e. The number of carbonyl (C=O) groups excluding carboxylic acids is 2. The number of fused-ring (bicyclic) bond motifs is 1. The lowest BCUT2D eigenvalue weighted by Crippen LogP contribution is -2.51. The molecular formula is C25H32F2N10O3. The quantitative estimate of drug-likeness (QED) is 0.335. The highest BCUT2D eigenvalue weighted by atomic mass is 19.3. The Morgan fingerprint density at radius 2 is 2.00 bits per heavy atom. The fourth-order valence-electron chi connectivity index (χ4n) is 4.98. The van der Waals surface area contributed by atoms with Gasteiger partial charge >= 0.3 is 6.55 Å². The standard InChI is InChI=1S/C25H32F2N10O3/c1-3-18(38)34-25(2)6-4-16(5-7-25)31-19(39)13-28-21-20-22(33-24(32-21)35-8-10-40-11-9-35)36(15-29-20)17-12-30-37(14-17)23(26)27/h3,12,14-16,23H,1,4-11,13H2,2H3,(H,31,39)(H,34,38)(H,28,32,33). The van der Waals surface area contributed by atoms with E-state index in [2.05, 4.69) is 42.6 Å². The number of anilines is 2. The average molecular weight is 559 g/mol. The molecule has 5 rings (SSSR count). The molecule has 0 radical (unpaired) electrons. The lowest BCUT2D eigenvalue weighted by atomic mass is 9.80. The number of aromatic nitrogens is 6. The van der Waals surface area contributed by atoms with Crippen molar-refractivity contribution in [2.75, 3.05) is 43.1 Å². The predicted molar refractivity (Wildman–Crippen MR) is 142 cm³/mol. The third-order valence-electron chi connectivity index (χ3n) is 7.23. The van der Waals surface area contributed by atoms with Gasteiger partial charge in [0.25, 0.3) is 0 Å². The molecular weight excluding hydrogens is 526 g/mol. The van der Waals surface area contributed by atoms with Crippen LogP contribution in [0, 0.1) is 0 Å². The van der Waals surface area contributed by atoms with E-state index in [1.165, 1.54) is 24.8 Å². The molecule has 1 aliphatic heterocycles. The minimum absolute atomic E-state index is 0.0112. The first-order chi connectivity index (χ1) is 19.2. The van der Waals surface area contributed by atoms with Gasteiger partial charge in [-0.2, -0.15) is 23.8 Å². The number of halogens is 2. The van der Waals surface area contributed by atoms with Gasteiger partial charge in [-0.15, -0.1) is 0 Å². The Labute approximate surface area is 229 Å². The summed E-state index contributed by atoms with van der Waals surface area (Å²) >= 11 is 0. The zero-order valence-electron chi connectivity index (χ0n) is 22.1. The fourth-order valence-corrected chi connectivity index (χ4v) is 4.98. The highest BCUT2D eigenvalue weighted by Crippen LogP contribution is 2.29. The zero-order valence-corrected chi connectivity index (χ0v) is 22.1. The van der Waals surface area contributed by atoms with Gasteiger partial charge in [-0.05, 0) is 38.7 Å². The highest BCUT2D eigenvalue weighted by molar-refractivity contribution is 5.89. The molecule has 2 amide bonds. The van der Waals surface area contributed by atoms with Crippen LogP contribution in [0.15, 0.2) is 31.4 Å². The fraction of sp³-hybridized carbons (Fsp3) is 0.520. The summed E-state index contributed by atoms with van der Waals surface area (Å²) in [6.45, 7) is 4.87. The summed E-state index contributed by atoms with van der Waals surface area (Å²) in [5, 5.41) is 12.8. The van der Waals surface area contributed by atoms with Crippen LogP contribution in [0.5, 0.6) is 0 Å². The van der Waals surface area contributed by atoms with E-state index in [-0.39, 0.29) is 29.9 Å². The third kappa shape index (κ3) is 6.03. The van der Waals surface area contributed by atoms with E-state index >= 15 is 0 Å². The molecule has 214 valence electrons. The molecule has 1 saturated heterocycles. The molecule has 0 unspecified atom stereocenters. The van der Waals surface area contributed by atoms with Gasteiger partial charge < -0.3 is 25.6 Å². The summed E-state index contributed by atoms with van der Waals surface area (Å²) < 4.78 is 33.8. The summed E-state index contributed by atoms with van der Waals surface area (Å²) in [5.41, 5.74) is 0.826. The zero-order chi connectivity index (χ0) is 28.3. The predicted octanol–water partition coefficient (Wildman–Crippen LogP) is 1.78. The van der Waals surface area contributed by atoms with Crippen molar-refractivity contribution in [2.45, 2.75) is 50.7 Å². The number of ether oxygens (including phenoxy) is 1. The van der Waals surface area contributed by atoms with Crippen LogP contribution >= 0.6 is 0 Å². The molecule has 3 aromatic heterocycles. The Balaban J connectivity index is 1.30. The normalized spacial score (nSPS) is 21.4. The van der Waals surface area contributed by atoms with Crippen LogP contribution in [-0.4, -0.2) is 85.5 Å². The van der Waals surface area contributed by atoms with Gasteiger partial charge in [0.1, 0.15) is 6.33 Å². The van der Waals surface area contributed by atoms with Gasteiger partial charge in [-0.25, -0.2) is 9.67 Å². The Kier molecular flexibility index (Phi) is 7.91. The van der Waals surface area contributed by atoms with E-state index in [1.54, 1.807) is 4.57 Å². The largest absolute Gasteiger partial charge is 0.378 e. The second-order valence-electron chi connectivity index (χ2n) is 10.2. The van der Waals surface area contributed by atoms with Crippen LogP contribution in [0.2, 0.25) is 0 Å². The lowest BCUT2D eigenvalue weighted by Gasteiger charge is -2.38. The van der Waals surface area contributed by atoms with Crippen molar-refractivity contribution in [3.8, 4) is 5.69 Å². The topological polar surface area (TPSA) is 144 Å². The molecule has 2 fully saturated rings. The first-order valence-electron chi connectivity index (χ1n) is 13.1. The number of alkyl halides is 2. The molecule has 3 aromatic rings. The number of rotatable bonds is 9. The van der Waals surface area contributed by atoms with Crippen LogP contribution < -0.4 is 20.9 Å². The maximum absolute atomic E-state index is 13.1. The molecule has 0 aromatic carbocycles. The number of hydrogen-bond donors (Lipinski definition) is 3. The molecule has 15 heteroatoms. The van der Waals surface area contributed by atoms with Crippen molar-refractivity contribution >= 4 is 34.7 Å². The van der Waals surface area contributed by atoms with Crippen molar-refractivity contribution in [1.82, 2.24) is 39.9 Å². The summed E-state index contributed by atoms with van der Waals surface area (Å²) in [6, 6.07) is -0.0112. The Bertz CT molecular complexity index is 1380. The monoisotopic (exact) mass is 558 g/mol. The second kappa shape index (κ2) is 11.5. The Hall–Kier alpha value is -4.14. The number of morpholine rings is 1. The smallest absolute Gasteiger partial charge is 0.333 e. The first-order valence-corrected chi connectivity index (χ1v) is 13.1. The van der Waals surface area contributed by atoms with E-state index in [9.17, 15) is 18.4 Å². The van der Waals surface area contributed by atoms with E-state index in [1.807, 2.05) is 11.8 Å². The van der Waals surface area contributed by atoms with Gasteiger partial charge in [0.2, 0.25) is 17.8 Å². The lowest BCUT2D eigenvalue weighted by molar-refractivity contribution is -0.121. The van der Waals surface area contributed by atoms with Gasteiger partial charge in [-0.1, -0.05) is 6.58 Å². The van der Waals surface area contributed by atoms with Crippen molar-refractivity contribution < 1.29 is 23.1 Å². The number of hydrogen-bond acceptors (Lipinski definition) is 9. The minimum atomic E-state index is -2.78. The molecule has 13 nitrogen and oxygen atoms in total. The number of nitrogens with one attached hydrogen (secondary N) is 3. The molecule has 0 atom stereocenters. The van der Waals surface area contributed by atoms with Crippen LogP contribution in [0.25, 0.3) is 16.9 Å². The molecule has 4 heterocycles. The Morgan fingerprint density at radius 3 is 2.67 bits per heavy atom. The van der Waals surface area contributed by atoms with Crippen molar-refractivity contribution in [2.24, 2.45) is 0 Å². The molecule has 0 bridgehead atoms. The number of carbonyl (C=O) groups is 2. The van der Waals surface area contributed by atoms with Gasteiger partial charge in [0.15, 0.2) is 17.0 Å². The van der Waals surface area contributed by atoms with E-state index in [0.29, 0.717) is 59.6 Å². The van der Waals surface area contributed by atoms with Crippen molar-refractivity contribution in [3.05, 3.63) is 31.4 Å². The number of nitrogens with zero attached hydrogens (tertiary/aromatic N) is 7. The number of amides is 2. The second-order valence-corrected chi connectivity index (χ2v) is 10.2. The van der Waals surface area contributed by atoms with Crippen molar-refractivity contribution in [3.63, 3.8) is 0 Å². The van der Waals surface area contributed by atoms with Crippen LogP contribution in [0.3, 0.4) is 0 Å². The van der Waals surface area contributed by atoms with Gasteiger partial charge in [0.05, 0.1) is 37.8 Å². The maximum Gasteiger partial charge on any atom is 0.333 e. The van der Waals surface area contributed by atoms with Crippen molar-refractivity contribution in [1.29, 1.82) is 0 Å². The summed E-state index contributed by atoms with van der Waals surface area (Å²) in [5.74, 6) is 0.355. The van der Waals surface area contributed by atoms with Crippen LogP contribution in [0.4, 0.5) is 20.5 Å². The molecule has 3 N–H and O–H groups in total. The summed E-state index contributed by atoms with van der Waals surface area (Å²) in [6.07, 6.45) is 8.18. The SMILES string of the molecule is C=CC(=O)NC1(C)CCC(NC(=O)CNc2nc(N3CCOCC3)nc3c2ncn3-c2cnn(C(F)F)c2)CC1. The highest BCUT2D eigenvalue weighted by Gasteiger charge is 2.32. The molecule has 2 aliphatic rings. The molecule has 1 aliphatic carbocycles. The van der Waals surface area contributed by atoms with E-state index in [4.69, 9.17) is 4.74 Å². The maximum atomic E-state index is 13.1. The summed E-state index contributed by atoms with van der Waals surface area (Å²) in [7, 11) is 0. The molecule has 1 saturated carbocycles. The first kappa shape index (κ1) is 27.4. The van der Waals surface area contributed by atoms with Crippen LogP contribution in [-0.2, 0) is 14.3 Å². The van der Waals surface area contributed by atoms with Crippen LogP contribution in [0.1, 0.15) is 39.2 Å². The van der Waals surface area contributed by atoms with Gasteiger partial charge in [0, 0.05) is 24.7 Å². The molecule has 40 heavy (non-hydrogen) atoms. The van der Waals surface area contributed by atoms with Gasteiger partial charge in [-0.3, -0.25) is 14.2 Å². The summed E-state index contributed by atoms with van der Waals surface area (Å²) in [4.78, 5) is 40.3. The third-order valence-corrected chi connectivity index (χ3v) is 7.23. The number of imidazole rings is 1.